The van der Waals surface area contributed by atoms with Crippen LogP contribution in [0.5, 0.6) is 0 Å². The van der Waals surface area contributed by atoms with Crippen molar-refractivity contribution >= 4 is 21.9 Å². The summed E-state index contributed by atoms with van der Waals surface area (Å²) in [5.74, 6) is -0.864. The van der Waals surface area contributed by atoms with E-state index in [1.54, 1.807) is 6.07 Å². The summed E-state index contributed by atoms with van der Waals surface area (Å²) in [7, 11) is 0. The monoisotopic (exact) mass is 736 g/mol. The highest BCUT2D eigenvalue weighted by Gasteiger charge is 2.53. The second-order valence-corrected chi connectivity index (χ2v) is 16.5. The van der Waals surface area contributed by atoms with Crippen LogP contribution >= 0.6 is 15.9 Å². The van der Waals surface area contributed by atoms with Crippen molar-refractivity contribution in [3.05, 3.63) is 140 Å². The first kappa shape index (κ1) is 35.1. The number of aryl methyl sites for hydroxylation is 2. The number of fused-ring (bicyclic) bond motifs is 2. The first-order valence-electron chi connectivity index (χ1n) is 17.9. The van der Waals surface area contributed by atoms with Crippen molar-refractivity contribution in [2.24, 2.45) is 0 Å². The zero-order chi connectivity index (χ0) is 35.1. The summed E-state index contributed by atoms with van der Waals surface area (Å²) < 4.78 is 13.7. The second kappa shape index (κ2) is 13.7. The Bertz CT molecular complexity index is 1840. The van der Waals surface area contributed by atoms with E-state index in [0.29, 0.717) is 12.2 Å². The number of hydrogen-bond donors (Lipinski definition) is 1. The van der Waals surface area contributed by atoms with Crippen molar-refractivity contribution < 1.29 is 19.4 Å². The number of benzene rings is 4. The molecule has 2 saturated heterocycles. The summed E-state index contributed by atoms with van der Waals surface area (Å²) in [5.41, 5.74) is 7.84. The maximum absolute atomic E-state index is 11.4. The van der Waals surface area contributed by atoms with Gasteiger partial charge in [-0.05, 0) is 124 Å². The van der Waals surface area contributed by atoms with E-state index in [1.807, 2.05) is 18.2 Å². The Morgan fingerprint density at radius 1 is 0.660 bits per heavy atom. The van der Waals surface area contributed by atoms with E-state index < -0.39 is 5.97 Å². The van der Waals surface area contributed by atoms with E-state index in [1.165, 1.54) is 32.3 Å². The standard InChI is InChI=1S/C22H25NO3.C21H24BrNO/c1-21(2)23(14-16-6-4-3-5-7-16)22(15-26-21)11-10-17-8-9-18(20(24)25)12-19(17)13-22;1-20(2)23(14-16-6-4-3-5-7-16)21(15-24-20)11-10-17-8-9-19(22)12-18(17)13-21/h3-9,12H,10-11,13-15H2,1-2H3,(H,24,25);3-9,12H,10-11,13-15H2,1-2H3. The average molecular weight is 738 g/mol. The van der Waals surface area contributed by atoms with Gasteiger partial charge in [0.05, 0.1) is 29.9 Å². The number of ether oxygens (including phenoxy) is 2. The fourth-order valence-corrected chi connectivity index (χ4v) is 9.23. The Balaban J connectivity index is 0.000000157. The topological polar surface area (TPSA) is 62.2 Å². The summed E-state index contributed by atoms with van der Waals surface area (Å²) in [6.07, 6.45) is 6.19. The molecule has 4 aromatic rings. The highest BCUT2D eigenvalue weighted by Crippen LogP contribution is 2.46. The van der Waals surface area contributed by atoms with Gasteiger partial charge < -0.3 is 14.6 Å². The summed E-state index contributed by atoms with van der Waals surface area (Å²) in [5, 5.41) is 9.34. The fraction of sp³-hybridized carbons (Fsp3) is 0.419. The van der Waals surface area contributed by atoms with Crippen LogP contribution in [0.2, 0.25) is 0 Å². The van der Waals surface area contributed by atoms with Gasteiger partial charge in [0.25, 0.3) is 0 Å². The summed E-state index contributed by atoms with van der Waals surface area (Å²) in [4.78, 5) is 16.4. The number of nitrogens with zero attached hydrogens (tertiary/aromatic N) is 2. The predicted octanol–water partition coefficient (Wildman–Crippen LogP) is 8.83. The quantitative estimate of drug-likeness (QED) is 0.221. The van der Waals surface area contributed by atoms with E-state index in [9.17, 15) is 9.90 Å². The van der Waals surface area contributed by atoms with Crippen LogP contribution in [0.1, 0.15) is 84.3 Å². The lowest BCUT2D eigenvalue weighted by atomic mass is 9.76. The first-order valence-corrected chi connectivity index (χ1v) is 18.7. The Morgan fingerprint density at radius 2 is 1.12 bits per heavy atom. The minimum absolute atomic E-state index is 0.0799. The van der Waals surface area contributed by atoms with Crippen molar-refractivity contribution in [1.29, 1.82) is 0 Å². The molecule has 2 aliphatic carbocycles. The van der Waals surface area contributed by atoms with Crippen molar-refractivity contribution in [2.75, 3.05) is 13.2 Å². The smallest absolute Gasteiger partial charge is 0.335 e. The average Bonchev–Trinajstić information content (AvgIpc) is 3.48. The van der Waals surface area contributed by atoms with E-state index in [4.69, 9.17) is 9.47 Å². The number of carboxylic acids is 1. The SMILES string of the molecule is CC1(C)OCC2(CCc3ccc(Br)cc3C2)N1Cc1ccccc1.CC1(C)OCC2(CCc3ccc(C(=O)O)cc3C2)N1Cc1ccccc1. The molecular weight excluding hydrogens is 688 g/mol. The lowest BCUT2D eigenvalue weighted by Gasteiger charge is -2.45. The molecule has 2 spiro atoms. The summed E-state index contributed by atoms with van der Waals surface area (Å²) in [6, 6.07) is 33.5. The Kier molecular flexibility index (Phi) is 9.59. The van der Waals surface area contributed by atoms with Gasteiger partial charge in [0.15, 0.2) is 0 Å². The number of hydrogen-bond acceptors (Lipinski definition) is 5. The molecular formula is C43H49BrN2O4. The third-order valence-corrected chi connectivity index (χ3v) is 12.1. The van der Waals surface area contributed by atoms with Crippen LogP contribution in [0, 0.1) is 0 Å². The summed E-state index contributed by atoms with van der Waals surface area (Å²) >= 11 is 3.63. The Hall–Kier alpha value is -3.33. The molecule has 2 fully saturated rings. The summed E-state index contributed by atoms with van der Waals surface area (Å²) in [6.45, 7) is 12.0. The van der Waals surface area contributed by atoms with Crippen molar-refractivity contribution in [3.63, 3.8) is 0 Å². The van der Waals surface area contributed by atoms with Crippen LogP contribution in [-0.4, -0.2) is 56.6 Å². The van der Waals surface area contributed by atoms with E-state index in [-0.39, 0.29) is 22.5 Å². The zero-order valence-corrected chi connectivity index (χ0v) is 31.3. The van der Waals surface area contributed by atoms with Gasteiger partial charge in [0.2, 0.25) is 0 Å². The minimum atomic E-state index is -0.864. The Morgan fingerprint density at radius 3 is 1.60 bits per heavy atom. The highest BCUT2D eigenvalue weighted by atomic mass is 79.9. The van der Waals surface area contributed by atoms with E-state index in [0.717, 1.165) is 63.8 Å². The van der Waals surface area contributed by atoms with Crippen LogP contribution in [0.3, 0.4) is 0 Å². The predicted molar refractivity (Wildman–Crippen MR) is 201 cm³/mol. The maximum Gasteiger partial charge on any atom is 0.335 e. The molecule has 7 heteroatoms. The minimum Gasteiger partial charge on any atom is -0.478 e. The fourth-order valence-electron chi connectivity index (χ4n) is 8.82. The van der Waals surface area contributed by atoms with Gasteiger partial charge in [-0.3, -0.25) is 9.80 Å². The van der Waals surface area contributed by atoms with Crippen molar-refractivity contribution in [1.82, 2.24) is 9.80 Å². The molecule has 6 nitrogen and oxygen atoms in total. The molecule has 4 aliphatic rings. The largest absolute Gasteiger partial charge is 0.478 e. The molecule has 262 valence electrons. The molecule has 2 aliphatic heterocycles. The molecule has 0 amide bonds. The number of halogens is 1. The highest BCUT2D eigenvalue weighted by molar-refractivity contribution is 9.10. The van der Waals surface area contributed by atoms with Crippen molar-refractivity contribution in [2.45, 2.75) is 102 Å². The molecule has 1 N–H and O–H groups in total. The number of rotatable bonds is 5. The molecule has 0 bridgehead atoms. The third-order valence-electron chi connectivity index (χ3n) is 11.6. The molecule has 4 aromatic carbocycles. The molecule has 2 atom stereocenters. The molecule has 2 heterocycles. The van der Waals surface area contributed by atoms with E-state index in [2.05, 4.69) is 126 Å². The van der Waals surface area contributed by atoms with Gasteiger partial charge >= 0.3 is 5.97 Å². The van der Waals surface area contributed by atoms with Gasteiger partial charge in [-0.15, -0.1) is 0 Å². The first-order chi connectivity index (χ1) is 23.9. The Labute approximate surface area is 305 Å². The lowest BCUT2D eigenvalue weighted by Crippen LogP contribution is -2.54. The molecule has 2 unspecified atom stereocenters. The molecule has 0 aromatic heterocycles. The molecule has 0 radical (unpaired) electrons. The molecule has 0 saturated carbocycles. The number of aromatic carboxylic acids is 1. The van der Waals surface area contributed by atoms with Crippen LogP contribution in [0.15, 0.2) is 102 Å². The van der Waals surface area contributed by atoms with Gasteiger partial charge in [0.1, 0.15) is 11.4 Å². The van der Waals surface area contributed by atoms with Crippen LogP contribution in [0.4, 0.5) is 0 Å². The zero-order valence-electron chi connectivity index (χ0n) is 29.8. The molecule has 8 rings (SSSR count). The lowest BCUT2D eigenvalue weighted by molar-refractivity contribution is -0.0676. The van der Waals surface area contributed by atoms with Crippen LogP contribution < -0.4 is 0 Å². The second-order valence-electron chi connectivity index (χ2n) is 15.6. The maximum atomic E-state index is 11.4. The third kappa shape index (κ3) is 6.96. The van der Waals surface area contributed by atoms with E-state index >= 15 is 0 Å². The van der Waals surface area contributed by atoms with Crippen LogP contribution in [0.25, 0.3) is 0 Å². The molecule has 50 heavy (non-hydrogen) atoms. The normalized spacial score (nSPS) is 25.1. The van der Waals surface area contributed by atoms with Gasteiger partial charge in [-0.2, -0.15) is 0 Å². The number of carbonyl (C=O) groups is 1. The van der Waals surface area contributed by atoms with Gasteiger partial charge in [0, 0.05) is 17.6 Å². The van der Waals surface area contributed by atoms with Crippen LogP contribution in [-0.2, 0) is 48.2 Å². The van der Waals surface area contributed by atoms with Gasteiger partial charge in [-0.25, -0.2) is 4.79 Å². The van der Waals surface area contributed by atoms with Gasteiger partial charge in [-0.1, -0.05) is 88.7 Å². The van der Waals surface area contributed by atoms with Crippen molar-refractivity contribution in [3.8, 4) is 0 Å². The number of carboxylic acid groups (broad SMARTS) is 1.